The number of hydrogen-bond donors (Lipinski definition) is 1. The van der Waals surface area contributed by atoms with E-state index in [0.29, 0.717) is 6.54 Å². The summed E-state index contributed by atoms with van der Waals surface area (Å²) in [7, 11) is 1.60. The van der Waals surface area contributed by atoms with E-state index in [2.05, 4.69) is 28.7 Å². The van der Waals surface area contributed by atoms with Gasteiger partial charge in [0.2, 0.25) is 11.8 Å². The number of carbonyl (C=O) groups excluding carboxylic acids is 2. The van der Waals surface area contributed by atoms with Gasteiger partial charge in [-0.25, -0.2) is 5.43 Å². The van der Waals surface area contributed by atoms with Crippen LogP contribution in [0.15, 0.2) is 84.0 Å². The third-order valence-electron chi connectivity index (χ3n) is 6.06. The molecule has 0 bridgehead atoms. The van der Waals surface area contributed by atoms with Crippen LogP contribution in [-0.2, 0) is 9.59 Å². The summed E-state index contributed by atoms with van der Waals surface area (Å²) in [5, 5.41) is 8.62. The number of ether oxygens (including phenoxy) is 1. The van der Waals surface area contributed by atoms with Gasteiger partial charge in [0.25, 0.3) is 0 Å². The quantitative estimate of drug-likeness (QED) is 0.284. The van der Waals surface area contributed by atoms with Crippen LogP contribution >= 0.6 is 0 Å². The Balaban J connectivity index is 1.33. The molecule has 164 valence electrons. The standard InChI is InChI=1S/C27H23N3O3/c1-33-22-12-10-21(11-13-22)30-17-20(15-26(30)31)27(32)29-28-16-25-23-8-4-2-6-18(23)14-19-7-3-5-9-24(19)25/h2-14,16,20H,15,17H2,1H3,(H,29,32)/b28-16+/t20-/m1/s1. The lowest BCUT2D eigenvalue weighted by Crippen LogP contribution is -2.30. The Morgan fingerprint density at radius 3 is 2.27 bits per heavy atom. The van der Waals surface area contributed by atoms with Crippen molar-refractivity contribution in [2.45, 2.75) is 6.42 Å². The molecular weight excluding hydrogens is 414 g/mol. The molecule has 5 rings (SSSR count). The maximum absolute atomic E-state index is 12.8. The topological polar surface area (TPSA) is 71.0 Å². The molecular formula is C27H23N3O3. The Morgan fingerprint density at radius 2 is 1.64 bits per heavy atom. The smallest absolute Gasteiger partial charge is 0.245 e. The molecule has 1 heterocycles. The number of hydrogen-bond acceptors (Lipinski definition) is 4. The number of amides is 2. The highest BCUT2D eigenvalue weighted by molar-refractivity contribution is 6.13. The predicted octanol–water partition coefficient (Wildman–Crippen LogP) is 4.50. The van der Waals surface area contributed by atoms with Gasteiger partial charge in [-0.15, -0.1) is 0 Å². The van der Waals surface area contributed by atoms with Crippen molar-refractivity contribution in [3.05, 3.63) is 84.4 Å². The number of carbonyl (C=O) groups is 2. The normalized spacial score (nSPS) is 16.1. The van der Waals surface area contributed by atoms with Gasteiger partial charge in [0.05, 0.1) is 19.2 Å². The molecule has 6 nitrogen and oxygen atoms in total. The monoisotopic (exact) mass is 437 g/mol. The van der Waals surface area contributed by atoms with E-state index in [9.17, 15) is 9.59 Å². The summed E-state index contributed by atoms with van der Waals surface area (Å²) in [6, 6.07) is 25.6. The van der Waals surface area contributed by atoms with Gasteiger partial charge >= 0.3 is 0 Å². The van der Waals surface area contributed by atoms with E-state index >= 15 is 0 Å². The van der Waals surface area contributed by atoms with Crippen LogP contribution in [0.4, 0.5) is 5.69 Å². The average molecular weight is 437 g/mol. The predicted molar refractivity (Wildman–Crippen MR) is 131 cm³/mol. The first-order chi connectivity index (χ1) is 16.1. The van der Waals surface area contributed by atoms with E-state index in [4.69, 9.17) is 4.74 Å². The molecule has 4 aromatic rings. The number of rotatable bonds is 5. The van der Waals surface area contributed by atoms with E-state index in [-0.39, 0.29) is 18.2 Å². The molecule has 1 aliphatic rings. The molecule has 0 aromatic heterocycles. The summed E-state index contributed by atoms with van der Waals surface area (Å²) >= 11 is 0. The zero-order chi connectivity index (χ0) is 22.8. The Kier molecular flexibility index (Phi) is 5.48. The van der Waals surface area contributed by atoms with Crippen molar-refractivity contribution in [3.8, 4) is 5.75 Å². The van der Waals surface area contributed by atoms with Gasteiger partial charge in [-0.05, 0) is 51.9 Å². The number of hydrazone groups is 1. The van der Waals surface area contributed by atoms with E-state index in [1.807, 2.05) is 48.5 Å². The average Bonchev–Trinajstić information content (AvgIpc) is 3.25. The van der Waals surface area contributed by atoms with E-state index < -0.39 is 5.92 Å². The van der Waals surface area contributed by atoms with Crippen molar-refractivity contribution in [3.63, 3.8) is 0 Å². The van der Waals surface area contributed by atoms with Gasteiger partial charge in [-0.1, -0.05) is 48.5 Å². The van der Waals surface area contributed by atoms with Crippen LogP contribution in [0.2, 0.25) is 0 Å². The molecule has 4 aromatic carbocycles. The molecule has 0 aliphatic carbocycles. The van der Waals surface area contributed by atoms with Gasteiger partial charge < -0.3 is 9.64 Å². The number of methoxy groups -OCH3 is 1. The highest BCUT2D eigenvalue weighted by atomic mass is 16.5. The van der Waals surface area contributed by atoms with Crippen molar-refractivity contribution in [2.24, 2.45) is 11.0 Å². The molecule has 1 N–H and O–H groups in total. The fourth-order valence-electron chi connectivity index (χ4n) is 4.33. The second-order valence-corrected chi connectivity index (χ2v) is 8.07. The van der Waals surface area contributed by atoms with Gasteiger partial charge in [0.15, 0.2) is 0 Å². The van der Waals surface area contributed by atoms with Crippen LogP contribution in [0.5, 0.6) is 5.75 Å². The lowest BCUT2D eigenvalue weighted by Gasteiger charge is -2.16. The molecule has 1 fully saturated rings. The minimum atomic E-state index is -0.457. The molecule has 6 heteroatoms. The van der Waals surface area contributed by atoms with Crippen molar-refractivity contribution in [1.29, 1.82) is 0 Å². The summed E-state index contributed by atoms with van der Waals surface area (Å²) in [5.41, 5.74) is 4.35. The Labute approximate surface area is 191 Å². The molecule has 1 atom stereocenters. The number of benzene rings is 4. The number of anilines is 1. The fourth-order valence-corrected chi connectivity index (χ4v) is 4.33. The highest BCUT2D eigenvalue weighted by Crippen LogP contribution is 2.28. The van der Waals surface area contributed by atoms with Crippen molar-refractivity contribution in [1.82, 2.24) is 5.43 Å². The van der Waals surface area contributed by atoms with Gasteiger partial charge in [-0.3, -0.25) is 9.59 Å². The van der Waals surface area contributed by atoms with Crippen LogP contribution in [0, 0.1) is 5.92 Å². The lowest BCUT2D eigenvalue weighted by molar-refractivity contribution is -0.126. The first-order valence-corrected chi connectivity index (χ1v) is 10.8. The summed E-state index contributed by atoms with van der Waals surface area (Å²) < 4.78 is 5.17. The molecule has 33 heavy (non-hydrogen) atoms. The molecule has 1 aliphatic heterocycles. The minimum Gasteiger partial charge on any atom is -0.497 e. The molecule has 0 spiro atoms. The second kappa shape index (κ2) is 8.74. The van der Waals surface area contributed by atoms with Gasteiger partial charge in [0.1, 0.15) is 5.75 Å². The van der Waals surface area contributed by atoms with E-state index in [1.165, 1.54) is 0 Å². The maximum atomic E-state index is 12.8. The number of nitrogens with one attached hydrogen (secondary N) is 1. The lowest BCUT2D eigenvalue weighted by atomic mass is 9.97. The van der Waals surface area contributed by atoms with Gasteiger partial charge in [0, 0.05) is 24.2 Å². The third-order valence-corrected chi connectivity index (χ3v) is 6.06. The summed E-state index contributed by atoms with van der Waals surface area (Å²) in [5.74, 6) is -0.0829. The van der Waals surface area contributed by atoms with Gasteiger partial charge in [-0.2, -0.15) is 5.10 Å². The summed E-state index contributed by atoms with van der Waals surface area (Å²) in [6.45, 7) is 0.323. The largest absolute Gasteiger partial charge is 0.497 e. The van der Waals surface area contributed by atoms with Crippen molar-refractivity contribution in [2.75, 3.05) is 18.6 Å². The van der Waals surface area contributed by atoms with Crippen LogP contribution in [0.1, 0.15) is 12.0 Å². The first kappa shape index (κ1) is 20.7. The SMILES string of the molecule is COc1ccc(N2C[C@H](C(=O)N/N=C/c3c4ccccc4cc4ccccc34)CC2=O)cc1. The van der Waals surface area contributed by atoms with Crippen LogP contribution in [-0.4, -0.2) is 31.7 Å². The zero-order valence-corrected chi connectivity index (χ0v) is 18.2. The van der Waals surface area contributed by atoms with E-state index in [0.717, 1.165) is 38.5 Å². The summed E-state index contributed by atoms with van der Waals surface area (Å²) in [4.78, 5) is 26.9. The van der Waals surface area contributed by atoms with Crippen molar-refractivity contribution < 1.29 is 14.3 Å². The molecule has 0 saturated carbocycles. The van der Waals surface area contributed by atoms with Crippen LogP contribution in [0.3, 0.4) is 0 Å². The van der Waals surface area contributed by atoms with E-state index in [1.54, 1.807) is 30.4 Å². The second-order valence-electron chi connectivity index (χ2n) is 8.07. The highest BCUT2D eigenvalue weighted by Gasteiger charge is 2.35. The Morgan fingerprint density at radius 1 is 1.00 bits per heavy atom. The van der Waals surface area contributed by atoms with Crippen LogP contribution < -0.4 is 15.1 Å². The molecule has 0 unspecified atom stereocenters. The van der Waals surface area contributed by atoms with Crippen LogP contribution in [0.25, 0.3) is 21.5 Å². The third kappa shape index (κ3) is 4.03. The Hall–Kier alpha value is -4.19. The fraction of sp³-hybridized carbons (Fsp3) is 0.148. The maximum Gasteiger partial charge on any atom is 0.245 e. The molecule has 1 saturated heterocycles. The zero-order valence-electron chi connectivity index (χ0n) is 18.2. The number of nitrogens with zero attached hydrogens (tertiary/aromatic N) is 2. The first-order valence-electron chi connectivity index (χ1n) is 10.8. The van der Waals surface area contributed by atoms with Crippen molar-refractivity contribution >= 4 is 45.3 Å². The molecule has 2 amide bonds. The Bertz CT molecular complexity index is 1320. The summed E-state index contributed by atoms with van der Waals surface area (Å²) in [6.07, 6.45) is 1.85. The minimum absolute atomic E-state index is 0.0793. The number of fused-ring (bicyclic) bond motifs is 2. The molecule has 0 radical (unpaired) electrons.